The number of nitrogens with zero attached hydrogens (tertiary/aromatic N) is 3. The van der Waals surface area contributed by atoms with Gasteiger partial charge in [0.1, 0.15) is 6.04 Å². The molecule has 3 amide bonds. The molecule has 2 aromatic rings. The van der Waals surface area contributed by atoms with E-state index in [0.29, 0.717) is 44.1 Å². The molecule has 0 bridgehead atoms. The summed E-state index contributed by atoms with van der Waals surface area (Å²) in [6.45, 7) is 5.48. The fraction of sp³-hybridized carbons (Fsp3) is 0.464. The highest BCUT2D eigenvalue weighted by molar-refractivity contribution is 8.13. The molecule has 1 saturated heterocycles. The van der Waals surface area contributed by atoms with Crippen molar-refractivity contribution in [3.05, 3.63) is 71.8 Å². The van der Waals surface area contributed by atoms with Gasteiger partial charge in [0, 0.05) is 63.5 Å². The first-order valence-corrected chi connectivity index (χ1v) is 14.9. The molecule has 0 aliphatic carbocycles. The molecule has 37 heavy (non-hydrogen) atoms. The van der Waals surface area contributed by atoms with Crippen LogP contribution in [-0.2, 0) is 21.8 Å². The molecule has 1 heterocycles. The van der Waals surface area contributed by atoms with Crippen molar-refractivity contribution in [2.75, 3.05) is 57.8 Å². The normalized spacial score (nSPS) is 14.7. The van der Waals surface area contributed by atoms with Crippen LogP contribution in [0.2, 0.25) is 0 Å². The number of rotatable bonds is 12. The maximum absolute atomic E-state index is 13.5. The highest BCUT2D eigenvalue weighted by atomic mass is 32.2. The zero-order valence-corrected chi connectivity index (χ0v) is 23.4. The van der Waals surface area contributed by atoms with Crippen LogP contribution in [0.1, 0.15) is 18.1 Å². The zero-order chi connectivity index (χ0) is 26.5. The van der Waals surface area contributed by atoms with Crippen LogP contribution in [0.3, 0.4) is 0 Å². The molecular weight excluding hydrogens is 504 g/mol. The number of urea groups is 1. The predicted octanol–water partition coefficient (Wildman–Crippen LogP) is 3.60. The highest BCUT2D eigenvalue weighted by Gasteiger charge is 2.29. The van der Waals surface area contributed by atoms with Gasteiger partial charge in [-0.3, -0.25) is 9.59 Å². The minimum absolute atomic E-state index is 0.0249. The summed E-state index contributed by atoms with van der Waals surface area (Å²) in [6.07, 6.45) is 0.707. The monoisotopic (exact) mass is 542 g/mol. The predicted molar refractivity (Wildman–Crippen MR) is 154 cm³/mol. The number of hydrogen-bond acceptors (Lipinski definition) is 6. The second-order valence-corrected chi connectivity index (χ2v) is 11.5. The van der Waals surface area contributed by atoms with Gasteiger partial charge in [-0.1, -0.05) is 72.4 Å². The Bertz CT molecular complexity index is 985. The maximum Gasteiger partial charge on any atom is 0.318 e. The molecule has 0 spiro atoms. The van der Waals surface area contributed by atoms with Crippen molar-refractivity contribution < 1.29 is 14.4 Å². The Kier molecular flexibility index (Phi) is 12.3. The molecule has 7 nitrogen and oxygen atoms in total. The number of hydrogen-bond donors (Lipinski definition) is 1. The number of carbonyl (C=O) groups is 3. The van der Waals surface area contributed by atoms with Crippen LogP contribution in [0.25, 0.3) is 0 Å². The molecule has 0 saturated carbocycles. The van der Waals surface area contributed by atoms with Crippen LogP contribution in [-0.4, -0.2) is 95.6 Å². The molecule has 1 aliphatic rings. The molecule has 200 valence electrons. The van der Waals surface area contributed by atoms with Crippen molar-refractivity contribution in [2.45, 2.75) is 25.1 Å². The van der Waals surface area contributed by atoms with Gasteiger partial charge in [-0.15, -0.1) is 0 Å². The van der Waals surface area contributed by atoms with Gasteiger partial charge in [0.2, 0.25) is 5.91 Å². The number of nitrogens with one attached hydrogen (secondary N) is 1. The minimum Gasteiger partial charge on any atom is -0.338 e. The van der Waals surface area contributed by atoms with Crippen molar-refractivity contribution in [3.8, 4) is 0 Å². The number of piperazine rings is 1. The van der Waals surface area contributed by atoms with Gasteiger partial charge in [0.15, 0.2) is 5.12 Å². The van der Waals surface area contributed by atoms with E-state index in [1.807, 2.05) is 53.4 Å². The molecule has 3 rings (SSSR count). The van der Waals surface area contributed by atoms with Crippen LogP contribution in [0.4, 0.5) is 4.79 Å². The van der Waals surface area contributed by atoms with Crippen molar-refractivity contribution >= 4 is 40.6 Å². The minimum atomic E-state index is -0.607. The molecule has 0 aromatic heterocycles. The van der Waals surface area contributed by atoms with E-state index in [4.69, 9.17) is 0 Å². The van der Waals surface area contributed by atoms with Crippen LogP contribution >= 0.6 is 23.5 Å². The number of benzene rings is 2. The molecular formula is C28H38N4O3S2. The lowest BCUT2D eigenvalue weighted by molar-refractivity contribution is -0.134. The first-order valence-electron chi connectivity index (χ1n) is 12.7. The van der Waals surface area contributed by atoms with Crippen molar-refractivity contribution in [1.82, 2.24) is 20.0 Å². The van der Waals surface area contributed by atoms with E-state index in [-0.39, 0.29) is 17.1 Å². The largest absolute Gasteiger partial charge is 0.338 e. The molecule has 9 heteroatoms. The molecule has 1 aliphatic heterocycles. The molecule has 1 N–H and O–H groups in total. The summed E-state index contributed by atoms with van der Waals surface area (Å²) in [7, 11) is 2.06. The van der Waals surface area contributed by atoms with E-state index in [9.17, 15) is 14.4 Å². The molecule has 0 radical (unpaired) electrons. The Labute approximate surface area is 229 Å². The second-order valence-electron chi connectivity index (χ2n) is 9.19. The van der Waals surface area contributed by atoms with Crippen LogP contribution in [0.5, 0.6) is 0 Å². The Balaban J connectivity index is 1.66. The second kappa shape index (κ2) is 15.7. The standard InChI is InChI=1S/C28H38N4O3S2/c1-23(33)37-20-19-32(14-13-24-9-5-3-6-10-24)28(35)29-26(22-36-21-25-11-7-4-8-12-25)27(34)31-17-15-30(2)16-18-31/h3-12,26H,13-22H2,1-2H3,(H,29,35)/t26-/m0/s1. The number of thioether (sulfide) groups is 2. The lowest BCUT2D eigenvalue weighted by Gasteiger charge is -2.35. The Morgan fingerprint density at radius 1 is 0.919 bits per heavy atom. The van der Waals surface area contributed by atoms with Gasteiger partial charge in [-0.2, -0.15) is 11.8 Å². The third kappa shape index (κ3) is 10.4. The summed E-state index contributed by atoms with van der Waals surface area (Å²) in [5, 5.41) is 3.08. The van der Waals surface area contributed by atoms with Gasteiger partial charge in [0.05, 0.1) is 0 Å². The summed E-state index contributed by atoms with van der Waals surface area (Å²) in [5.41, 5.74) is 2.33. The number of amides is 3. The Morgan fingerprint density at radius 2 is 1.54 bits per heavy atom. The van der Waals surface area contributed by atoms with Crippen LogP contribution in [0.15, 0.2) is 60.7 Å². The van der Waals surface area contributed by atoms with E-state index in [1.54, 1.807) is 16.7 Å². The SMILES string of the molecule is CC(=O)SCCN(CCc1ccccc1)C(=O)N[C@@H](CSCc1ccccc1)C(=O)N1CCN(C)CC1. The summed E-state index contributed by atoms with van der Waals surface area (Å²) in [4.78, 5) is 44.2. The Morgan fingerprint density at radius 3 is 2.16 bits per heavy atom. The van der Waals surface area contributed by atoms with E-state index in [1.165, 1.54) is 24.2 Å². The molecule has 0 unspecified atom stereocenters. The summed E-state index contributed by atoms with van der Waals surface area (Å²) >= 11 is 2.87. The smallest absolute Gasteiger partial charge is 0.318 e. The lowest BCUT2D eigenvalue weighted by atomic mass is 10.1. The van der Waals surface area contributed by atoms with Gasteiger partial charge in [-0.25, -0.2) is 4.79 Å². The topological polar surface area (TPSA) is 73.0 Å². The molecule has 1 fully saturated rings. The fourth-order valence-electron chi connectivity index (χ4n) is 4.05. The third-order valence-electron chi connectivity index (χ3n) is 6.27. The van der Waals surface area contributed by atoms with Crippen molar-refractivity contribution in [3.63, 3.8) is 0 Å². The van der Waals surface area contributed by atoms with Crippen molar-refractivity contribution in [2.24, 2.45) is 0 Å². The average Bonchev–Trinajstić information content (AvgIpc) is 2.91. The highest BCUT2D eigenvalue weighted by Crippen LogP contribution is 2.15. The number of likely N-dealkylation sites (N-methyl/N-ethyl adjacent to an activating group) is 1. The summed E-state index contributed by atoms with van der Waals surface area (Å²) < 4.78 is 0. The number of carbonyl (C=O) groups excluding carboxylic acids is 3. The van der Waals surface area contributed by atoms with Gasteiger partial charge in [-0.05, 0) is 24.6 Å². The lowest BCUT2D eigenvalue weighted by Crippen LogP contribution is -2.57. The van der Waals surface area contributed by atoms with Crippen molar-refractivity contribution in [1.29, 1.82) is 0 Å². The van der Waals surface area contributed by atoms with E-state index < -0.39 is 6.04 Å². The summed E-state index contributed by atoms with van der Waals surface area (Å²) in [6, 6.07) is 19.3. The maximum atomic E-state index is 13.5. The molecule has 2 aromatic carbocycles. The van der Waals surface area contributed by atoms with E-state index >= 15 is 0 Å². The Hall–Kier alpha value is -2.49. The zero-order valence-electron chi connectivity index (χ0n) is 21.8. The van der Waals surface area contributed by atoms with E-state index in [0.717, 1.165) is 24.4 Å². The quantitative estimate of drug-likeness (QED) is 0.442. The van der Waals surface area contributed by atoms with Crippen LogP contribution < -0.4 is 5.32 Å². The first kappa shape index (κ1) is 29.1. The summed E-state index contributed by atoms with van der Waals surface area (Å²) in [5.74, 6) is 1.77. The van der Waals surface area contributed by atoms with Gasteiger partial charge >= 0.3 is 6.03 Å². The fourth-order valence-corrected chi connectivity index (χ4v) is 5.66. The average molecular weight is 543 g/mol. The first-order chi connectivity index (χ1) is 17.9. The van der Waals surface area contributed by atoms with E-state index in [2.05, 4.69) is 29.4 Å². The van der Waals surface area contributed by atoms with Crippen LogP contribution in [0, 0.1) is 0 Å². The molecule has 1 atom stereocenters. The van der Waals surface area contributed by atoms with Gasteiger partial charge < -0.3 is 20.0 Å². The van der Waals surface area contributed by atoms with Gasteiger partial charge in [0.25, 0.3) is 0 Å². The third-order valence-corrected chi connectivity index (χ3v) is 8.17.